The van der Waals surface area contributed by atoms with Crippen LogP contribution in [0.15, 0.2) is 36.9 Å². The zero-order valence-corrected chi connectivity index (χ0v) is 15.0. The number of nitrogens with zero attached hydrogens (tertiary/aromatic N) is 5. The molecule has 0 saturated heterocycles. The normalized spacial score (nSPS) is 13.0. The summed E-state index contributed by atoms with van der Waals surface area (Å²) in [7, 11) is 1.60. The Morgan fingerprint density at radius 1 is 1.07 bits per heavy atom. The van der Waals surface area contributed by atoms with E-state index in [-0.39, 0.29) is 11.6 Å². The molecule has 0 bridgehead atoms. The first-order chi connectivity index (χ1) is 13.8. The average molecular weight is 430 g/mol. The van der Waals surface area contributed by atoms with Crippen LogP contribution < -0.4 is 5.73 Å². The fourth-order valence-corrected chi connectivity index (χ4v) is 2.53. The number of hydrogen-bond acceptors (Lipinski definition) is 4. The Morgan fingerprint density at radius 2 is 1.67 bits per heavy atom. The summed E-state index contributed by atoms with van der Waals surface area (Å²) in [6.45, 7) is 0. The van der Waals surface area contributed by atoms with Gasteiger partial charge in [-0.05, 0) is 18.2 Å². The lowest BCUT2D eigenvalue weighted by molar-refractivity contribution is -0.143. The molecule has 0 atom stereocenters. The first-order valence-corrected chi connectivity index (χ1v) is 8.06. The lowest BCUT2D eigenvalue weighted by Gasteiger charge is -2.13. The number of amides is 1. The topological polar surface area (TPSA) is 91.6 Å². The first kappa shape index (κ1) is 21.1. The highest BCUT2D eigenvalue weighted by molar-refractivity contribution is 6.22. The Hall–Kier alpha value is -3.64. The van der Waals surface area contributed by atoms with Crippen LogP contribution in [-0.4, -0.2) is 30.5 Å². The van der Waals surface area contributed by atoms with Gasteiger partial charge in [-0.15, -0.1) is 5.10 Å². The summed E-state index contributed by atoms with van der Waals surface area (Å²) in [6.07, 6.45) is -5.03. The maximum atomic E-state index is 13.0. The van der Waals surface area contributed by atoms with E-state index in [1.54, 1.807) is 7.05 Å². The second-order valence-electron chi connectivity index (χ2n) is 6.15. The quantitative estimate of drug-likeness (QED) is 0.508. The summed E-state index contributed by atoms with van der Waals surface area (Å²) in [5.41, 5.74) is 2.13. The smallest absolute Gasteiger partial charge is 0.366 e. The minimum Gasteiger partial charge on any atom is -0.366 e. The van der Waals surface area contributed by atoms with Crippen LogP contribution >= 0.6 is 0 Å². The average Bonchev–Trinajstić information content (AvgIpc) is 3.26. The largest absolute Gasteiger partial charge is 0.416 e. The number of alkyl halides is 6. The van der Waals surface area contributed by atoms with Gasteiger partial charge in [0.1, 0.15) is 6.33 Å². The van der Waals surface area contributed by atoms with Crippen molar-refractivity contribution in [2.75, 3.05) is 0 Å². The highest BCUT2D eigenvalue weighted by Crippen LogP contribution is 2.38. The first-order valence-electron chi connectivity index (χ1n) is 8.06. The van der Waals surface area contributed by atoms with Crippen LogP contribution in [0.3, 0.4) is 0 Å². The standard InChI is InChI=1S/C17H12F6N6O/c1-28-6-10(5-26-28)13(14(24)30)7-29-8-25-15(27-29)9-2-11(16(18,19)20)4-12(3-9)17(21,22)23/h2-8H,1H3,(H2,24,30)/b13-7+. The maximum Gasteiger partial charge on any atom is 0.416 e. The SMILES string of the molecule is Cn1cc(/C(=C\n2cnc(-c3cc(C(F)(F)F)cc(C(F)(F)F)c3)n2)C(N)=O)cn1. The summed E-state index contributed by atoms with van der Waals surface area (Å²) in [5, 5.41) is 7.73. The van der Waals surface area contributed by atoms with Crippen LogP contribution in [0.1, 0.15) is 16.7 Å². The van der Waals surface area contributed by atoms with E-state index < -0.39 is 40.8 Å². The molecule has 0 aliphatic carbocycles. The predicted octanol–water partition coefficient (Wildman–Crippen LogP) is 3.20. The second-order valence-corrected chi connectivity index (χ2v) is 6.15. The molecule has 0 radical (unpaired) electrons. The second kappa shape index (κ2) is 7.31. The number of hydrogen-bond donors (Lipinski definition) is 1. The Bertz CT molecular complexity index is 1090. The highest BCUT2D eigenvalue weighted by atomic mass is 19.4. The molecule has 0 saturated carbocycles. The Labute approximate surface area is 164 Å². The van der Waals surface area contributed by atoms with E-state index >= 15 is 0 Å². The lowest BCUT2D eigenvalue weighted by atomic mass is 10.0. The number of nitrogens with two attached hydrogens (primary N) is 1. The summed E-state index contributed by atoms with van der Waals surface area (Å²) >= 11 is 0. The molecule has 3 aromatic rings. The molecular formula is C17H12F6N6O. The molecule has 7 nitrogen and oxygen atoms in total. The van der Waals surface area contributed by atoms with Gasteiger partial charge in [-0.1, -0.05) is 0 Å². The van der Waals surface area contributed by atoms with Gasteiger partial charge in [0.05, 0.1) is 22.9 Å². The molecule has 30 heavy (non-hydrogen) atoms. The van der Waals surface area contributed by atoms with Crippen LogP contribution in [0.5, 0.6) is 0 Å². The highest BCUT2D eigenvalue weighted by Gasteiger charge is 2.37. The van der Waals surface area contributed by atoms with Gasteiger partial charge in [-0.3, -0.25) is 9.48 Å². The van der Waals surface area contributed by atoms with Gasteiger partial charge in [0, 0.05) is 30.6 Å². The monoisotopic (exact) mass is 430 g/mol. The van der Waals surface area contributed by atoms with Crippen LogP contribution in [0.2, 0.25) is 0 Å². The van der Waals surface area contributed by atoms with Crippen LogP contribution in [-0.2, 0) is 24.2 Å². The predicted molar refractivity (Wildman–Crippen MR) is 92.0 cm³/mol. The van der Waals surface area contributed by atoms with Gasteiger partial charge >= 0.3 is 12.4 Å². The Balaban J connectivity index is 2.06. The van der Waals surface area contributed by atoms with Crippen LogP contribution in [0, 0.1) is 0 Å². The van der Waals surface area contributed by atoms with Crippen molar-refractivity contribution in [3.05, 3.63) is 53.6 Å². The minimum atomic E-state index is -5.00. The van der Waals surface area contributed by atoms with E-state index in [0.29, 0.717) is 17.7 Å². The summed E-state index contributed by atoms with van der Waals surface area (Å²) in [5.74, 6) is -1.25. The molecule has 0 unspecified atom stereocenters. The third kappa shape index (κ3) is 4.50. The van der Waals surface area contributed by atoms with Crippen molar-refractivity contribution in [3.8, 4) is 11.4 Å². The minimum absolute atomic E-state index is 0.00793. The van der Waals surface area contributed by atoms with Gasteiger partial charge < -0.3 is 5.73 Å². The molecule has 2 N–H and O–H groups in total. The number of rotatable bonds is 4. The van der Waals surface area contributed by atoms with Crippen LogP contribution in [0.4, 0.5) is 26.3 Å². The molecule has 0 spiro atoms. The zero-order valence-electron chi connectivity index (χ0n) is 15.0. The number of carbonyl (C=O) groups is 1. The van der Waals surface area contributed by atoms with Gasteiger partial charge in [-0.2, -0.15) is 31.4 Å². The van der Waals surface area contributed by atoms with Crippen molar-refractivity contribution in [1.82, 2.24) is 24.5 Å². The van der Waals surface area contributed by atoms with Gasteiger partial charge in [0.25, 0.3) is 5.91 Å². The van der Waals surface area contributed by atoms with E-state index in [9.17, 15) is 31.1 Å². The number of benzene rings is 1. The zero-order chi connectivity index (χ0) is 22.3. The number of aromatic nitrogens is 5. The number of carbonyl (C=O) groups excluding carboxylic acids is 1. The van der Waals surface area contributed by atoms with Gasteiger partial charge in [0.15, 0.2) is 5.82 Å². The summed E-state index contributed by atoms with van der Waals surface area (Å²) in [6, 6.07) is 1.03. The van der Waals surface area contributed by atoms with Crippen molar-refractivity contribution in [2.45, 2.75) is 12.4 Å². The lowest BCUT2D eigenvalue weighted by Crippen LogP contribution is -2.13. The van der Waals surface area contributed by atoms with Crippen molar-refractivity contribution < 1.29 is 31.1 Å². The van der Waals surface area contributed by atoms with Crippen molar-refractivity contribution in [2.24, 2.45) is 12.8 Å². The van der Waals surface area contributed by atoms with Crippen molar-refractivity contribution in [1.29, 1.82) is 0 Å². The molecule has 0 aliphatic heterocycles. The molecule has 2 aromatic heterocycles. The fraction of sp³-hybridized carbons (Fsp3) is 0.176. The maximum absolute atomic E-state index is 13.0. The Morgan fingerprint density at radius 3 is 2.13 bits per heavy atom. The number of aryl methyl sites for hydroxylation is 1. The molecule has 1 aromatic carbocycles. The molecule has 158 valence electrons. The third-order valence-electron chi connectivity index (χ3n) is 3.90. The third-order valence-corrected chi connectivity index (χ3v) is 3.90. The molecule has 3 rings (SSSR count). The van der Waals surface area contributed by atoms with Gasteiger partial charge in [0.2, 0.25) is 0 Å². The Kier molecular flexibility index (Phi) is 5.14. The number of halogens is 6. The molecule has 13 heteroatoms. The fourth-order valence-electron chi connectivity index (χ4n) is 2.53. The van der Waals surface area contributed by atoms with E-state index in [1.165, 1.54) is 17.1 Å². The van der Waals surface area contributed by atoms with E-state index in [4.69, 9.17) is 5.73 Å². The van der Waals surface area contributed by atoms with Gasteiger partial charge in [-0.25, -0.2) is 9.67 Å². The number of primary amides is 1. The van der Waals surface area contributed by atoms with Crippen molar-refractivity contribution >= 4 is 17.7 Å². The van der Waals surface area contributed by atoms with Crippen molar-refractivity contribution in [3.63, 3.8) is 0 Å². The molecule has 2 heterocycles. The molecular weight excluding hydrogens is 418 g/mol. The van der Waals surface area contributed by atoms with E-state index in [2.05, 4.69) is 15.2 Å². The summed E-state index contributed by atoms with van der Waals surface area (Å²) in [4.78, 5) is 15.4. The molecule has 0 aliphatic rings. The molecule has 1 amide bonds. The molecule has 0 fully saturated rings. The van der Waals surface area contributed by atoms with E-state index in [1.807, 2.05) is 0 Å². The van der Waals surface area contributed by atoms with Crippen LogP contribution in [0.25, 0.3) is 23.2 Å². The summed E-state index contributed by atoms with van der Waals surface area (Å²) < 4.78 is 80.5. The van der Waals surface area contributed by atoms with E-state index in [0.717, 1.165) is 17.2 Å².